The zero-order chi connectivity index (χ0) is 77.0. The number of anilines is 12. The van der Waals surface area contributed by atoms with E-state index in [2.05, 4.69) is 448 Å². The van der Waals surface area contributed by atoms with Gasteiger partial charge in [0.15, 0.2) is 0 Å². The summed E-state index contributed by atoms with van der Waals surface area (Å²) < 4.78 is 2.47. The highest BCUT2D eigenvalue weighted by atomic mass is 32.1. The van der Waals surface area contributed by atoms with E-state index in [4.69, 9.17) is 0 Å². The molecule has 4 nitrogen and oxygen atoms in total. The van der Waals surface area contributed by atoms with Crippen LogP contribution >= 0.6 is 11.3 Å². The number of para-hydroxylation sites is 2. The predicted molar refractivity (Wildman–Crippen MR) is 485 cm³/mol. The Balaban J connectivity index is 1.04. The molecular formula is C106H93BN4S. The molecule has 0 bridgehead atoms. The van der Waals surface area contributed by atoms with Gasteiger partial charge in [0.1, 0.15) is 0 Å². The third-order valence-electron chi connectivity index (χ3n) is 23.1. The third-order valence-corrected chi connectivity index (χ3v) is 24.3. The van der Waals surface area contributed by atoms with Crippen molar-refractivity contribution in [3.63, 3.8) is 0 Å². The number of thiophene rings is 1. The average Bonchev–Trinajstić information content (AvgIpc) is 0.958. The lowest BCUT2D eigenvalue weighted by molar-refractivity contribution is 0.590. The molecule has 1 aromatic heterocycles. The van der Waals surface area contributed by atoms with Crippen molar-refractivity contribution in [1.82, 2.24) is 0 Å². The smallest absolute Gasteiger partial charge is 0.254 e. The highest BCUT2D eigenvalue weighted by Crippen LogP contribution is 2.58. The molecule has 18 rings (SSSR count). The van der Waals surface area contributed by atoms with E-state index < -0.39 is 0 Å². The van der Waals surface area contributed by atoms with E-state index in [0.717, 1.165) is 124 Å². The van der Waals surface area contributed by atoms with Gasteiger partial charge in [-0.2, -0.15) is 0 Å². The minimum atomic E-state index is -0.338. The Morgan fingerprint density at radius 2 is 0.598 bits per heavy atom. The Labute approximate surface area is 666 Å². The summed E-state index contributed by atoms with van der Waals surface area (Å²) >= 11 is 1.94. The molecule has 0 spiro atoms. The van der Waals surface area contributed by atoms with E-state index in [0.29, 0.717) is 0 Å². The Morgan fingerprint density at radius 3 is 0.982 bits per heavy atom. The second kappa shape index (κ2) is 28.0. The van der Waals surface area contributed by atoms with Crippen molar-refractivity contribution in [2.75, 3.05) is 19.6 Å². The molecule has 16 aromatic rings. The van der Waals surface area contributed by atoms with Gasteiger partial charge in [-0.25, -0.2) is 0 Å². The van der Waals surface area contributed by atoms with Crippen LogP contribution in [0.2, 0.25) is 0 Å². The molecule has 15 aromatic carbocycles. The molecule has 0 aliphatic carbocycles. The molecule has 0 radical (unpaired) electrons. The first kappa shape index (κ1) is 71.4. The summed E-state index contributed by atoms with van der Waals surface area (Å²) in [5, 5.41) is 2.44. The summed E-state index contributed by atoms with van der Waals surface area (Å²) in [7, 11) is 0. The second-order valence-electron chi connectivity index (χ2n) is 34.5. The molecule has 2 aliphatic rings. The molecule has 3 heterocycles. The van der Waals surface area contributed by atoms with Crippen LogP contribution in [0.3, 0.4) is 0 Å². The van der Waals surface area contributed by atoms with Gasteiger partial charge in [0.2, 0.25) is 0 Å². The van der Waals surface area contributed by atoms with Crippen LogP contribution < -0.4 is 36.0 Å². The average molecular weight is 1470 g/mol. The molecule has 6 heteroatoms. The van der Waals surface area contributed by atoms with Gasteiger partial charge in [-0.15, -0.1) is 11.3 Å². The molecule has 546 valence electrons. The number of benzene rings is 15. The lowest BCUT2D eigenvalue weighted by Gasteiger charge is -2.46. The molecule has 0 atom stereocenters. The fourth-order valence-corrected chi connectivity index (χ4v) is 18.5. The Kier molecular flexibility index (Phi) is 17.8. The van der Waals surface area contributed by atoms with Crippen LogP contribution in [0.25, 0.3) is 75.8 Å². The molecule has 0 fully saturated rings. The summed E-state index contributed by atoms with van der Waals surface area (Å²) in [6, 6.07) is 131. The number of fused-ring (bicyclic) bond motifs is 8. The lowest BCUT2D eigenvalue weighted by atomic mass is 9.33. The summed E-state index contributed by atoms with van der Waals surface area (Å²) in [5.74, 6) is 0. The van der Waals surface area contributed by atoms with Gasteiger partial charge in [-0.3, -0.25) is 0 Å². The highest BCUT2D eigenvalue weighted by molar-refractivity contribution is 7.28. The molecule has 0 N–H and O–H groups in total. The topological polar surface area (TPSA) is 13.0 Å². The van der Waals surface area contributed by atoms with Crippen molar-refractivity contribution in [3.8, 4) is 55.6 Å². The number of rotatable bonds is 13. The van der Waals surface area contributed by atoms with Gasteiger partial charge in [0.05, 0.1) is 17.1 Å². The normalized spacial score (nSPS) is 12.8. The van der Waals surface area contributed by atoms with Gasteiger partial charge in [-0.05, 0) is 179 Å². The van der Waals surface area contributed by atoms with Crippen molar-refractivity contribution in [1.29, 1.82) is 0 Å². The maximum Gasteiger partial charge on any atom is 0.254 e. The minimum Gasteiger partial charge on any atom is -0.310 e. The fourth-order valence-electron chi connectivity index (χ4n) is 17.2. The van der Waals surface area contributed by atoms with Crippen LogP contribution in [-0.4, -0.2) is 6.71 Å². The van der Waals surface area contributed by atoms with Gasteiger partial charge < -0.3 is 19.6 Å². The number of hydrogen-bond donors (Lipinski definition) is 0. The quantitative estimate of drug-likeness (QED) is 0.107. The minimum absolute atomic E-state index is 0.0512. The first-order valence-electron chi connectivity index (χ1n) is 39.6. The molecule has 0 amide bonds. The third kappa shape index (κ3) is 12.8. The van der Waals surface area contributed by atoms with Gasteiger partial charge in [-0.1, -0.05) is 344 Å². The lowest BCUT2D eigenvalue weighted by Crippen LogP contribution is -2.61. The van der Waals surface area contributed by atoms with Crippen LogP contribution in [0.5, 0.6) is 0 Å². The first-order valence-corrected chi connectivity index (χ1v) is 40.4. The van der Waals surface area contributed by atoms with Crippen LogP contribution in [0.1, 0.15) is 105 Å². The van der Waals surface area contributed by atoms with Gasteiger partial charge >= 0.3 is 0 Å². The Morgan fingerprint density at radius 1 is 0.268 bits per heavy atom. The molecule has 2 aliphatic heterocycles. The molecule has 0 saturated heterocycles. The van der Waals surface area contributed by atoms with E-state index in [1.807, 2.05) is 11.3 Å². The van der Waals surface area contributed by atoms with Crippen molar-refractivity contribution in [2.45, 2.75) is 105 Å². The summed E-state index contributed by atoms with van der Waals surface area (Å²) in [6.07, 6.45) is 0. The summed E-state index contributed by atoms with van der Waals surface area (Å²) in [6.45, 7) is 27.4. The van der Waals surface area contributed by atoms with E-state index in [1.54, 1.807) is 0 Å². The van der Waals surface area contributed by atoms with Crippen LogP contribution in [0.4, 0.5) is 68.2 Å². The molecular weight excluding hydrogens is 1370 g/mol. The van der Waals surface area contributed by atoms with Crippen molar-refractivity contribution < 1.29 is 0 Å². The fraction of sp³-hybridized carbons (Fsp3) is 0.151. The van der Waals surface area contributed by atoms with Crippen molar-refractivity contribution in [3.05, 3.63) is 368 Å². The van der Waals surface area contributed by atoms with Crippen molar-refractivity contribution >= 4 is 123 Å². The Hall–Kier alpha value is -12.2. The summed E-state index contributed by atoms with van der Waals surface area (Å²) in [5.41, 5.74) is 32.9. The molecule has 0 unspecified atom stereocenters. The van der Waals surface area contributed by atoms with Crippen LogP contribution in [0.15, 0.2) is 346 Å². The molecule has 112 heavy (non-hydrogen) atoms. The zero-order valence-electron chi connectivity index (χ0n) is 66.2. The Bertz CT molecular complexity index is 5940. The van der Waals surface area contributed by atoms with E-state index in [1.165, 1.54) is 58.8 Å². The maximum absolute atomic E-state index is 2.74. The second-order valence-corrected chi connectivity index (χ2v) is 35.6. The van der Waals surface area contributed by atoms with E-state index in [-0.39, 0.29) is 28.4 Å². The largest absolute Gasteiger partial charge is 0.310 e. The van der Waals surface area contributed by atoms with Crippen LogP contribution in [0, 0.1) is 0 Å². The SMILES string of the molecule is CC(C)(C)c1ccc(N(c2ccc(C(C)(C)C)cc2)c2ccc3c(c2)N(c2c(-c4ccccc4)cccc2-c2ccccc2)c2cc(-c4ccccc4)cc4c2B3c2c(cc(N(c3ccc(C(C)(C)C)cc3)c3ccc(C(C)(C)C)cc3)c3c2sc2ccccc23)N4c2c(-c3ccccc3)cccc2-c2ccccc2)cc1. The zero-order valence-corrected chi connectivity index (χ0v) is 67.0. The number of nitrogens with zero attached hydrogens (tertiary/aromatic N) is 4. The van der Waals surface area contributed by atoms with Gasteiger partial charge in [0, 0.05) is 93.6 Å². The predicted octanol–water partition coefficient (Wildman–Crippen LogP) is 28.6. The van der Waals surface area contributed by atoms with E-state index in [9.17, 15) is 0 Å². The first-order chi connectivity index (χ1) is 54.1. The monoisotopic (exact) mass is 1460 g/mol. The van der Waals surface area contributed by atoms with E-state index >= 15 is 0 Å². The maximum atomic E-state index is 2.74. The number of hydrogen-bond acceptors (Lipinski definition) is 5. The summed E-state index contributed by atoms with van der Waals surface area (Å²) in [4.78, 5) is 10.5. The van der Waals surface area contributed by atoms with Crippen LogP contribution in [-0.2, 0) is 21.7 Å². The van der Waals surface area contributed by atoms with Crippen molar-refractivity contribution in [2.24, 2.45) is 0 Å². The standard InChI is InChI=1S/C106H93BN4S/c1-103(2,3)76-48-56-80(57-49-76)108(81-58-50-77(51-59-81)104(4,5)6)84-64-65-90-91(68-84)110(100-85(71-34-20-14-21-35-71)43-30-44-86(100)72-36-22-15-23-37-72)93-66-75(70-32-18-13-19-33-70)67-94-98(93)107(90)99-95(111(94)101-87(73-38-24-16-25-39-73)45-31-46-88(101)74-40-26-17-27-41-74)69-92(97-89-42-28-29-47-96(89)112-102(97)99)109(82-60-52-78(53-61-82)105(7,8)9)83-62-54-79(55-63-83)106(10,11)12/h13-69H,1-12H3. The van der Waals surface area contributed by atoms with Gasteiger partial charge in [0.25, 0.3) is 6.71 Å². The highest BCUT2D eigenvalue weighted by Gasteiger charge is 2.48. The molecule has 0 saturated carbocycles.